The molecule has 1 saturated heterocycles. The van der Waals surface area contributed by atoms with Crippen molar-refractivity contribution in [2.45, 2.75) is 18.7 Å². The van der Waals surface area contributed by atoms with Crippen LogP contribution >= 0.6 is 23.5 Å². The Balaban J connectivity index is 2.07. The number of carbonyl (C=O) groups is 3. The van der Waals surface area contributed by atoms with Gasteiger partial charge >= 0.3 is 5.97 Å². The number of rotatable bonds is 4. The monoisotopic (exact) mass is 286 g/mol. The van der Waals surface area contributed by atoms with Gasteiger partial charge < -0.3 is 10.4 Å². The zero-order chi connectivity index (χ0) is 13.3. The van der Waals surface area contributed by atoms with Gasteiger partial charge in [-0.05, 0) is 5.41 Å². The predicted octanol–water partition coefficient (Wildman–Crippen LogP) is 0.886. The molecular formula is C10H10N2O4S2. The number of hydrogen-bond acceptors (Lipinski definition) is 5. The second kappa shape index (κ2) is 5.07. The number of nitrogens with one attached hydrogen (secondary N) is 1. The highest BCUT2D eigenvalue weighted by molar-refractivity contribution is 8.24. The third-order valence-corrected chi connectivity index (χ3v) is 4.63. The van der Waals surface area contributed by atoms with Crippen LogP contribution in [0, 0.1) is 0 Å². The largest absolute Gasteiger partial charge is 0.477 e. The predicted molar refractivity (Wildman–Crippen MR) is 68.1 cm³/mol. The van der Waals surface area contributed by atoms with Crippen LogP contribution in [0.5, 0.6) is 0 Å². The topological polar surface area (TPSA) is 86.7 Å². The van der Waals surface area contributed by atoms with E-state index in [9.17, 15) is 14.4 Å². The van der Waals surface area contributed by atoms with Crippen molar-refractivity contribution >= 4 is 41.3 Å². The van der Waals surface area contributed by atoms with Crippen molar-refractivity contribution in [3.63, 3.8) is 0 Å². The number of carboxylic acids is 1. The first kappa shape index (κ1) is 13.0. The Morgan fingerprint density at radius 1 is 1.61 bits per heavy atom. The van der Waals surface area contributed by atoms with Crippen LogP contribution in [-0.4, -0.2) is 33.2 Å². The van der Waals surface area contributed by atoms with Gasteiger partial charge in [0.15, 0.2) is 5.70 Å². The highest BCUT2D eigenvalue weighted by Crippen LogP contribution is 2.50. The lowest BCUT2D eigenvalue weighted by Crippen LogP contribution is -2.48. The minimum absolute atomic E-state index is 0.0405. The molecule has 0 bridgehead atoms. The number of β-lactam (4-membered cyclic amide) rings is 1. The van der Waals surface area contributed by atoms with E-state index < -0.39 is 5.97 Å². The van der Waals surface area contributed by atoms with E-state index in [0.717, 1.165) is 0 Å². The molecule has 1 fully saturated rings. The first-order chi connectivity index (χ1) is 8.50. The number of fused-ring (bicyclic) bond motifs is 1. The standard InChI is InChI=1S/C10H10N2O4S2/c1-5(13)11-2-3-17-10-8(9(15)16)12-6(14)4-7(12)18-10/h2-3,7H,4H2,1H3,(H,11,13)(H,15,16)/b3-2-/t7-/m0/s1. The normalized spacial score (nSPS) is 22.2. The van der Waals surface area contributed by atoms with Crippen LogP contribution in [0.2, 0.25) is 0 Å². The Bertz CT molecular complexity index is 486. The first-order valence-corrected chi connectivity index (χ1v) is 6.81. The van der Waals surface area contributed by atoms with Gasteiger partial charge in [0.1, 0.15) is 0 Å². The van der Waals surface area contributed by atoms with Gasteiger partial charge in [-0.25, -0.2) is 4.79 Å². The Morgan fingerprint density at radius 2 is 2.33 bits per heavy atom. The summed E-state index contributed by atoms with van der Waals surface area (Å²) in [4.78, 5) is 34.4. The fourth-order valence-electron chi connectivity index (χ4n) is 1.55. The molecule has 2 N–H and O–H groups in total. The van der Waals surface area contributed by atoms with Crippen molar-refractivity contribution in [3.8, 4) is 0 Å². The summed E-state index contributed by atoms with van der Waals surface area (Å²) in [5.74, 6) is -1.46. The van der Waals surface area contributed by atoms with Crippen molar-refractivity contribution in [2.24, 2.45) is 0 Å². The highest BCUT2D eigenvalue weighted by Gasteiger charge is 2.48. The van der Waals surface area contributed by atoms with Crippen LogP contribution in [0.4, 0.5) is 0 Å². The molecule has 2 aliphatic heterocycles. The summed E-state index contributed by atoms with van der Waals surface area (Å²) in [6.45, 7) is 1.38. The van der Waals surface area contributed by atoms with E-state index in [1.54, 1.807) is 5.41 Å². The molecule has 0 aromatic rings. The van der Waals surface area contributed by atoms with Crippen molar-refractivity contribution in [1.82, 2.24) is 10.2 Å². The molecule has 0 aromatic carbocycles. The molecule has 2 heterocycles. The summed E-state index contributed by atoms with van der Waals surface area (Å²) in [6, 6.07) is 0. The van der Waals surface area contributed by atoms with Gasteiger partial charge in [0.2, 0.25) is 11.8 Å². The third kappa shape index (κ3) is 2.39. The van der Waals surface area contributed by atoms with Crippen molar-refractivity contribution in [3.05, 3.63) is 21.5 Å². The highest BCUT2D eigenvalue weighted by atomic mass is 32.2. The van der Waals surface area contributed by atoms with Crippen LogP contribution in [0.25, 0.3) is 0 Å². The lowest BCUT2D eigenvalue weighted by molar-refractivity contribution is -0.145. The van der Waals surface area contributed by atoms with Gasteiger partial charge in [-0.1, -0.05) is 23.5 Å². The van der Waals surface area contributed by atoms with Crippen LogP contribution in [-0.2, 0) is 14.4 Å². The average molecular weight is 286 g/mol. The van der Waals surface area contributed by atoms with E-state index >= 15 is 0 Å². The number of aliphatic carboxylic acids is 1. The minimum Gasteiger partial charge on any atom is -0.477 e. The molecule has 18 heavy (non-hydrogen) atoms. The molecule has 96 valence electrons. The summed E-state index contributed by atoms with van der Waals surface area (Å²) >= 11 is 2.55. The Kier molecular flexibility index (Phi) is 3.67. The molecule has 2 rings (SSSR count). The van der Waals surface area contributed by atoms with Gasteiger partial charge in [0.05, 0.1) is 16.0 Å². The van der Waals surface area contributed by atoms with Gasteiger partial charge in [0.25, 0.3) is 0 Å². The SMILES string of the molecule is CC(=O)N/C=C\SC1=C(C(=O)O)N2C(=O)C[C@@H]2S1. The summed E-state index contributed by atoms with van der Waals surface area (Å²) in [5.41, 5.74) is 0.0405. The summed E-state index contributed by atoms with van der Waals surface area (Å²) in [7, 11) is 0. The summed E-state index contributed by atoms with van der Waals surface area (Å²) < 4.78 is 0.569. The smallest absolute Gasteiger partial charge is 0.354 e. The summed E-state index contributed by atoms with van der Waals surface area (Å²) in [6.07, 6.45) is 1.82. The zero-order valence-corrected chi connectivity index (χ0v) is 11.0. The van der Waals surface area contributed by atoms with Crippen molar-refractivity contribution in [1.29, 1.82) is 0 Å². The molecular weight excluding hydrogens is 276 g/mol. The number of carboxylic acid groups (broad SMARTS) is 1. The maximum Gasteiger partial charge on any atom is 0.354 e. The Labute approximate surface area is 111 Å². The van der Waals surface area contributed by atoms with E-state index in [1.807, 2.05) is 0 Å². The van der Waals surface area contributed by atoms with Crippen molar-refractivity contribution in [2.75, 3.05) is 0 Å². The van der Waals surface area contributed by atoms with E-state index in [-0.39, 0.29) is 22.9 Å². The van der Waals surface area contributed by atoms with Gasteiger partial charge in [0, 0.05) is 13.1 Å². The minimum atomic E-state index is -1.10. The first-order valence-electron chi connectivity index (χ1n) is 5.05. The number of carbonyl (C=O) groups excluding carboxylic acids is 2. The Morgan fingerprint density at radius 3 is 2.89 bits per heavy atom. The number of hydrogen-bond donors (Lipinski definition) is 2. The summed E-state index contributed by atoms with van der Waals surface area (Å²) in [5, 5.41) is 13.1. The molecule has 0 aromatic heterocycles. The lowest BCUT2D eigenvalue weighted by atomic mass is 10.2. The van der Waals surface area contributed by atoms with Crippen molar-refractivity contribution < 1.29 is 19.5 Å². The van der Waals surface area contributed by atoms with Gasteiger partial charge in [-0.15, -0.1) is 0 Å². The van der Waals surface area contributed by atoms with E-state index in [4.69, 9.17) is 5.11 Å². The molecule has 1 atom stereocenters. The number of thioether (sulfide) groups is 2. The molecule has 2 aliphatic rings. The van der Waals surface area contributed by atoms with Crippen LogP contribution in [0.15, 0.2) is 21.5 Å². The van der Waals surface area contributed by atoms with Crippen LogP contribution in [0.1, 0.15) is 13.3 Å². The average Bonchev–Trinajstić information content (AvgIpc) is 2.57. The molecule has 0 saturated carbocycles. The molecule has 8 heteroatoms. The van der Waals surface area contributed by atoms with E-state index in [1.165, 1.54) is 41.5 Å². The molecule has 0 aliphatic carbocycles. The van der Waals surface area contributed by atoms with Crippen LogP contribution < -0.4 is 5.32 Å². The maximum absolute atomic E-state index is 11.3. The maximum atomic E-state index is 11.3. The number of nitrogens with zero attached hydrogens (tertiary/aromatic N) is 1. The molecule has 6 nitrogen and oxygen atoms in total. The fraction of sp³-hybridized carbons (Fsp3) is 0.300. The molecule has 0 unspecified atom stereocenters. The van der Waals surface area contributed by atoms with Gasteiger partial charge in [-0.2, -0.15) is 0 Å². The Hall–Kier alpha value is -1.41. The second-order valence-electron chi connectivity index (χ2n) is 3.60. The quantitative estimate of drug-likeness (QED) is 0.746. The second-order valence-corrected chi connectivity index (χ2v) is 5.97. The molecule has 0 radical (unpaired) electrons. The molecule has 2 amide bonds. The van der Waals surface area contributed by atoms with E-state index in [0.29, 0.717) is 10.7 Å². The zero-order valence-electron chi connectivity index (χ0n) is 9.37. The number of amides is 2. The molecule has 0 spiro atoms. The fourth-order valence-corrected chi connectivity index (χ4v) is 3.93. The van der Waals surface area contributed by atoms with E-state index in [2.05, 4.69) is 5.32 Å². The lowest BCUT2D eigenvalue weighted by Gasteiger charge is -2.33. The third-order valence-electron chi connectivity index (χ3n) is 2.32. The van der Waals surface area contributed by atoms with Gasteiger partial charge in [-0.3, -0.25) is 14.5 Å². The van der Waals surface area contributed by atoms with Crippen LogP contribution in [0.3, 0.4) is 0 Å².